The van der Waals surface area contributed by atoms with Crippen molar-refractivity contribution in [3.8, 4) is 5.75 Å². The first kappa shape index (κ1) is 20.0. The summed E-state index contributed by atoms with van der Waals surface area (Å²) in [5, 5.41) is 2.94. The number of ether oxygens (including phenoxy) is 1. The van der Waals surface area contributed by atoms with Crippen LogP contribution in [0.2, 0.25) is 0 Å². The summed E-state index contributed by atoms with van der Waals surface area (Å²) in [4.78, 5) is 14.5. The fourth-order valence-corrected chi connectivity index (χ4v) is 3.85. The number of carbonyl (C=O) groups excluding carboxylic acids is 1. The number of rotatable bonds is 7. The Balaban J connectivity index is 1.22. The van der Waals surface area contributed by atoms with Gasteiger partial charge in [-0.1, -0.05) is 54.6 Å². The number of para-hydroxylation sites is 1. The topological polar surface area (TPSA) is 41.6 Å². The van der Waals surface area contributed by atoms with Gasteiger partial charge in [0.1, 0.15) is 5.75 Å². The Kier molecular flexibility index (Phi) is 6.33. The van der Waals surface area contributed by atoms with Gasteiger partial charge in [-0.05, 0) is 60.2 Å². The van der Waals surface area contributed by atoms with E-state index >= 15 is 0 Å². The first-order valence-electron chi connectivity index (χ1n) is 10.5. The third-order valence-electron chi connectivity index (χ3n) is 5.62. The molecule has 0 unspecified atom stereocenters. The molecule has 1 heterocycles. The van der Waals surface area contributed by atoms with Crippen LogP contribution in [0.1, 0.15) is 22.3 Å². The van der Waals surface area contributed by atoms with Crippen molar-refractivity contribution in [3.05, 3.63) is 95.1 Å². The van der Waals surface area contributed by atoms with E-state index in [0.29, 0.717) is 6.54 Å². The number of fused-ring (bicyclic) bond motifs is 1. The average molecular weight is 401 g/mol. The van der Waals surface area contributed by atoms with Gasteiger partial charge in [-0.3, -0.25) is 4.79 Å². The van der Waals surface area contributed by atoms with Crippen molar-refractivity contribution in [1.82, 2.24) is 5.32 Å². The van der Waals surface area contributed by atoms with Crippen molar-refractivity contribution < 1.29 is 9.53 Å². The van der Waals surface area contributed by atoms with Crippen LogP contribution in [-0.2, 0) is 24.2 Å². The van der Waals surface area contributed by atoms with E-state index < -0.39 is 0 Å². The maximum atomic E-state index is 12.0. The highest BCUT2D eigenvalue weighted by Gasteiger charge is 2.15. The van der Waals surface area contributed by atoms with Crippen molar-refractivity contribution >= 4 is 11.6 Å². The summed E-state index contributed by atoms with van der Waals surface area (Å²) >= 11 is 0. The van der Waals surface area contributed by atoms with Gasteiger partial charge in [-0.15, -0.1) is 0 Å². The minimum atomic E-state index is -0.0955. The molecule has 3 aromatic carbocycles. The van der Waals surface area contributed by atoms with E-state index in [4.69, 9.17) is 4.74 Å². The van der Waals surface area contributed by atoms with Gasteiger partial charge in [0.15, 0.2) is 6.61 Å². The number of hydrogen-bond donors (Lipinski definition) is 1. The molecule has 0 aliphatic carbocycles. The van der Waals surface area contributed by atoms with Crippen LogP contribution in [0.3, 0.4) is 0 Å². The summed E-state index contributed by atoms with van der Waals surface area (Å²) in [7, 11) is 0. The second kappa shape index (κ2) is 9.49. The molecule has 0 spiro atoms. The molecule has 0 saturated carbocycles. The zero-order chi connectivity index (χ0) is 20.8. The standard InChI is InChI=1S/C26H28N2O2/c1-20-6-2-5-9-25(20)30-19-26(29)27-16-14-21-10-12-24(13-11-21)28-17-15-22-7-3-4-8-23(22)18-28/h2-13H,14-19H2,1H3,(H,27,29). The van der Waals surface area contributed by atoms with Crippen molar-refractivity contribution in [2.24, 2.45) is 0 Å². The molecule has 3 aromatic rings. The van der Waals surface area contributed by atoms with Crippen LogP contribution in [0, 0.1) is 6.92 Å². The Hall–Kier alpha value is -3.27. The molecule has 4 nitrogen and oxygen atoms in total. The number of carbonyl (C=O) groups is 1. The molecule has 0 saturated heterocycles. The Morgan fingerprint density at radius 3 is 2.50 bits per heavy atom. The number of anilines is 1. The number of amides is 1. The van der Waals surface area contributed by atoms with Gasteiger partial charge in [0.2, 0.25) is 0 Å². The molecule has 0 aromatic heterocycles. The van der Waals surface area contributed by atoms with E-state index in [1.165, 1.54) is 22.4 Å². The van der Waals surface area contributed by atoms with Gasteiger partial charge < -0.3 is 15.0 Å². The van der Waals surface area contributed by atoms with E-state index in [2.05, 4.69) is 58.7 Å². The van der Waals surface area contributed by atoms with Gasteiger partial charge >= 0.3 is 0 Å². The van der Waals surface area contributed by atoms with Gasteiger partial charge in [0, 0.05) is 25.3 Å². The predicted octanol–water partition coefficient (Wildman–Crippen LogP) is 4.30. The van der Waals surface area contributed by atoms with Crippen LogP contribution in [-0.4, -0.2) is 25.6 Å². The van der Waals surface area contributed by atoms with Crippen LogP contribution in [0.15, 0.2) is 72.8 Å². The second-order valence-corrected chi connectivity index (χ2v) is 7.76. The second-order valence-electron chi connectivity index (χ2n) is 7.76. The normalized spacial score (nSPS) is 12.9. The molecule has 0 bridgehead atoms. The Bertz CT molecular complexity index is 998. The maximum absolute atomic E-state index is 12.0. The monoisotopic (exact) mass is 400 g/mol. The first-order valence-corrected chi connectivity index (χ1v) is 10.5. The van der Waals surface area contributed by atoms with Gasteiger partial charge in [0.25, 0.3) is 5.91 Å². The molecular weight excluding hydrogens is 372 g/mol. The van der Waals surface area contributed by atoms with E-state index in [9.17, 15) is 4.79 Å². The largest absolute Gasteiger partial charge is 0.484 e. The van der Waals surface area contributed by atoms with Crippen LogP contribution < -0.4 is 15.0 Å². The molecular formula is C26H28N2O2. The SMILES string of the molecule is Cc1ccccc1OCC(=O)NCCc1ccc(N2CCc3ccccc3C2)cc1. The minimum Gasteiger partial charge on any atom is -0.484 e. The molecule has 0 radical (unpaired) electrons. The number of hydrogen-bond acceptors (Lipinski definition) is 3. The minimum absolute atomic E-state index is 0.0419. The molecule has 154 valence electrons. The van der Waals surface area contributed by atoms with Gasteiger partial charge in [0.05, 0.1) is 0 Å². The molecule has 1 aliphatic heterocycles. The van der Waals surface area contributed by atoms with Crippen LogP contribution in [0.25, 0.3) is 0 Å². The molecule has 0 atom stereocenters. The van der Waals surface area contributed by atoms with E-state index in [-0.39, 0.29) is 12.5 Å². The van der Waals surface area contributed by atoms with E-state index in [1.54, 1.807) is 0 Å². The van der Waals surface area contributed by atoms with Crippen LogP contribution in [0.4, 0.5) is 5.69 Å². The van der Waals surface area contributed by atoms with Crippen molar-refractivity contribution in [3.63, 3.8) is 0 Å². The zero-order valence-corrected chi connectivity index (χ0v) is 17.4. The van der Waals surface area contributed by atoms with E-state index in [0.717, 1.165) is 37.2 Å². The Morgan fingerprint density at radius 1 is 0.967 bits per heavy atom. The Labute approximate surface area is 178 Å². The van der Waals surface area contributed by atoms with Crippen molar-refractivity contribution in [1.29, 1.82) is 0 Å². The highest BCUT2D eigenvalue weighted by atomic mass is 16.5. The molecule has 4 rings (SSSR count). The van der Waals surface area contributed by atoms with E-state index in [1.807, 2.05) is 31.2 Å². The average Bonchev–Trinajstić information content (AvgIpc) is 2.79. The third kappa shape index (κ3) is 5.01. The lowest BCUT2D eigenvalue weighted by atomic mass is 9.99. The molecule has 1 aliphatic rings. The number of aryl methyl sites for hydroxylation is 1. The highest BCUT2D eigenvalue weighted by Crippen LogP contribution is 2.24. The summed E-state index contributed by atoms with van der Waals surface area (Å²) in [5.74, 6) is 0.658. The number of nitrogens with one attached hydrogen (secondary N) is 1. The summed E-state index contributed by atoms with van der Waals surface area (Å²) in [6.07, 6.45) is 1.90. The maximum Gasteiger partial charge on any atom is 0.257 e. The summed E-state index contributed by atoms with van der Waals surface area (Å²) in [5.41, 5.74) is 6.39. The lowest BCUT2D eigenvalue weighted by molar-refractivity contribution is -0.123. The van der Waals surface area contributed by atoms with Crippen LogP contribution in [0.5, 0.6) is 5.75 Å². The molecule has 1 amide bonds. The fraction of sp³-hybridized carbons (Fsp3) is 0.269. The lowest BCUT2D eigenvalue weighted by Crippen LogP contribution is -2.31. The first-order chi connectivity index (χ1) is 14.7. The molecule has 30 heavy (non-hydrogen) atoms. The molecule has 0 fully saturated rings. The highest BCUT2D eigenvalue weighted by molar-refractivity contribution is 5.77. The number of nitrogens with zero attached hydrogens (tertiary/aromatic N) is 1. The summed E-state index contributed by atoms with van der Waals surface area (Å²) in [6.45, 7) is 4.63. The lowest BCUT2D eigenvalue weighted by Gasteiger charge is -2.30. The summed E-state index contributed by atoms with van der Waals surface area (Å²) in [6, 6.07) is 25.1. The van der Waals surface area contributed by atoms with Gasteiger partial charge in [-0.25, -0.2) is 0 Å². The van der Waals surface area contributed by atoms with Gasteiger partial charge in [-0.2, -0.15) is 0 Å². The van der Waals surface area contributed by atoms with Crippen LogP contribution >= 0.6 is 0 Å². The predicted molar refractivity (Wildman–Crippen MR) is 121 cm³/mol. The molecule has 1 N–H and O–H groups in total. The summed E-state index contributed by atoms with van der Waals surface area (Å²) < 4.78 is 5.59. The smallest absolute Gasteiger partial charge is 0.257 e. The quantitative estimate of drug-likeness (QED) is 0.643. The third-order valence-corrected chi connectivity index (χ3v) is 5.62. The number of benzene rings is 3. The van der Waals surface area contributed by atoms with Crippen molar-refractivity contribution in [2.45, 2.75) is 26.3 Å². The Morgan fingerprint density at radius 2 is 1.70 bits per heavy atom. The zero-order valence-electron chi connectivity index (χ0n) is 17.4. The fourth-order valence-electron chi connectivity index (χ4n) is 3.85. The van der Waals surface area contributed by atoms with Crippen molar-refractivity contribution in [2.75, 3.05) is 24.6 Å². The molecule has 4 heteroatoms.